The predicted octanol–water partition coefficient (Wildman–Crippen LogP) is 3.01. The number of aliphatic hydroxyl groups excluding tert-OH is 1. The Kier molecular flexibility index (Phi) is 9.40. The van der Waals surface area contributed by atoms with E-state index in [1.807, 2.05) is 60.7 Å². The minimum atomic E-state index is -1.38. The summed E-state index contributed by atoms with van der Waals surface area (Å²) in [5, 5.41) is 10.6. The average Bonchev–Trinajstić information content (AvgIpc) is 2.80. The van der Waals surface area contributed by atoms with Crippen LogP contribution < -0.4 is 0 Å². The molecule has 3 rings (SSSR count). The van der Waals surface area contributed by atoms with Crippen LogP contribution in [0.5, 0.6) is 0 Å². The Morgan fingerprint density at radius 2 is 1.59 bits per heavy atom. The maximum absolute atomic E-state index is 11.6. The fourth-order valence-electron chi connectivity index (χ4n) is 3.55. The van der Waals surface area contributed by atoms with Crippen molar-refractivity contribution in [2.75, 3.05) is 13.2 Å². The van der Waals surface area contributed by atoms with Gasteiger partial charge in [0.25, 0.3) is 0 Å². The molecule has 0 aromatic heterocycles. The van der Waals surface area contributed by atoms with Gasteiger partial charge >= 0.3 is 5.97 Å². The van der Waals surface area contributed by atoms with Gasteiger partial charge in [-0.1, -0.05) is 66.7 Å². The second kappa shape index (κ2) is 12.5. The molecule has 0 bridgehead atoms. The number of hydrogen-bond acceptors (Lipinski definition) is 7. The van der Waals surface area contributed by atoms with E-state index in [1.54, 1.807) is 6.08 Å². The zero-order chi connectivity index (χ0) is 22.8. The largest absolute Gasteiger partial charge is 0.454 e. The van der Waals surface area contributed by atoms with Crippen LogP contribution in [0.1, 0.15) is 18.1 Å². The van der Waals surface area contributed by atoms with E-state index in [0.29, 0.717) is 13.2 Å². The lowest BCUT2D eigenvalue weighted by Gasteiger charge is -2.43. The van der Waals surface area contributed by atoms with Gasteiger partial charge < -0.3 is 28.8 Å². The minimum absolute atomic E-state index is 0.159. The molecule has 7 heteroatoms. The molecule has 0 amide bonds. The Hall–Kier alpha value is -2.55. The topological polar surface area (TPSA) is 83.5 Å². The van der Waals surface area contributed by atoms with Gasteiger partial charge in [0.15, 0.2) is 12.4 Å². The third-order valence-electron chi connectivity index (χ3n) is 5.00. The van der Waals surface area contributed by atoms with Crippen LogP contribution in [0.2, 0.25) is 0 Å². The van der Waals surface area contributed by atoms with Crippen molar-refractivity contribution in [2.45, 2.75) is 50.8 Å². The van der Waals surface area contributed by atoms with Crippen molar-refractivity contribution in [1.82, 2.24) is 0 Å². The SMILES string of the molecule is C=CCO[C@@H]1[C@@H](OC(C)=O)[C@@H](O)O[C@H](COCc2ccccc2)[C@H]1OCc1ccccc1. The monoisotopic (exact) mass is 442 g/mol. The third-order valence-corrected chi connectivity index (χ3v) is 5.00. The molecule has 1 saturated heterocycles. The van der Waals surface area contributed by atoms with Gasteiger partial charge in [0.1, 0.15) is 18.3 Å². The Bertz CT molecular complexity index is 827. The summed E-state index contributed by atoms with van der Waals surface area (Å²) in [7, 11) is 0. The summed E-state index contributed by atoms with van der Waals surface area (Å²) in [5.74, 6) is -0.551. The van der Waals surface area contributed by atoms with Gasteiger partial charge in [0.05, 0.1) is 26.4 Å². The molecular formula is C25H30O7. The van der Waals surface area contributed by atoms with E-state index in [4.69, 9.17) is 23.7 Å². The Morgan fingerprint density at radius 1 is 0.969 bits per heavy atom. The van der Waals surface area contributed by atoms with E-state index in [9.17, 15) is 9.90 Å². The molecule has 32 heavy (non-hydrogen) atoms. The van der Waals surface area contributed by atoms with E-state index in [1.165, 1.54) is 6.92 Å². The van der Waals surface area contributed by atoms with Crippen LogP contribution in [-0.2, 0) is 41.7 Å². The number of aliphatic hydroxyl groups is 1. The summed E-state index contributed by atoms with van der Waals surface area (Å²) in [4.78, 5) is 11.6. The van der Waals surface area contributed by atoms with E-state index in [-0.39, 0.29) is 13.2 Å². The summed E-state index contributed by atoms with van der Waals surface area (Å²) >= 11 is 0. The Morgan fingerprint density at radius 3 is 2.19 bits per heavy atom. The quantitative estimate of drug-likeness (QED) is 0.423. The van der Waals surface area contributed by atoms with Crippen molar-refractivity contribution in [1.29, 1.82) is 0 Å². The Labute approximate surface area is 188 Å². The second-order valence-electron chi connectivity index (χ2n) is 7.49. The van der Waals surface area contributed by atoms with Crippen molar-refractivity contribution < 1.29 is 33.6 Å². The lowest BCUT2D eigenvalue weighted by atomic mass is 9.98. The maximum atomic E-state index is 11.6. The van der Waals surface area contributed by atoms with Gasteiger partial charge in [-0.25, -0.2) is 0 Å². The highest BCUT2D eigenvalue weighted by molar-refractivity contribution is 5.66. The highest BCUT2D eigenvalue weighted by Gasteiger charge is 2.49. The predicted molar refractivity (Wildman–Crippen MR) is 117 cm³/mol. The van der Waals surface area contributed by atoms with Crippen LogP contribution in [0.4, 0.5) is 0 Å². The summed E-state index contributed by atoms with van der Waals surface area (Å²) in [6.45, 7) is 5.98. The highest BCUT2D eigenvalue weighted by Crippen LogP contribution is 2.28. The zero-order valence-corrected chi connectivity index (χ0v) is 18.2. The average molecular weight is 443 g/mol. The van der Waals surface area contributed by atoms with Gasteiger partial charge in [-0.3, -0.25) is 4.79 Å². The number of ether oxygens (including phenoxy) is 5. The number of rotatable bonds is 11. The molecule has 5 atom stereocenters. The second-order valence-corrected chi connectivity index (χ2v) is 7.49. The van der Waals surface area contributed by atoms with Crippen LogP contribution in [0.25, 0.3) is 0 Å². The molecular weight excluding hydrogens is 412 g/mol. The summed E-state index contributed by atoms with van der Waals surface area (Å²) < 4.78 is 29.0. The van der Waals surface area contributed by atoms with Crippen LogP contribution in [0, 0.1) is 0 Å². The standard InChI is InChI=1S/C25H30O7/c1-3-14-29-23-22(30-16-20-12-8-5-9-13-20)21(32-25(27)24(23)31-18(2)26)17-28-15-19-10-6-4-7-11-19/h3-13,21-25,27H,1,14-17H2,2H3/t21-,22-,23+,24-,25+/m1/s1. The number of hydrogen-bond donors (Lipinski definition) is 1. The Balaban J connectivity index is 1.75. The number of carbonyl (C=O) groups is 1. The van der Waals surface area contributed by atoms with Crippen molar-refractivity contribution in [3.63, 3.8) is 0 Å². The van der Waals surface area contributed by atoms with Crippen molar-refractivity contribution in [2.24, 2.45) is 0 Å². The summed E-state index contributed by atoms with van der Waals surface area (Å²) in [6.07, 6.45) is -2.90. The van der Waals surface area contributed by atoms with Gasteiger partial charge in [0.2, 0.25) is 0 Å². The molecule has 2 aromatic carbocycles. The first kappa shape index (κ1) is 24.1. The van der Waals surface area contributed by atoms with Crippen LogP contribution in [-0.4, -0.2) is 55.0 Å². The first-order valence-corrected chi connectivity index (χ1v) is 10.6. The fourth-order valence-corrected chi connectivity index (χ4v) is 3.55. The molecule has 0 radical (unpaired) electrons. The molecule has 0 spiro atoms. The van der Waals surface area contributed by atoms with Gasteiger partial charge in [-0.15, -0.1) is 6.58 Å². The maximum Gasteiger partial charge on any atom is 0.303 e. The van der Waals surface area contributed by atoms with Gasteiger partial charge in [0, 0.05) is 6.92 Å². The zero-order valence-electron chi connectivity index (χ0n) is 18.2. The summed E-state index contributed by atoms with van der Waals surface area (Å²) in [6, 6.07) is 19.4. The van der Waals surface area contributed by atoms with E-state index >= 15 is 0 Å². The smallest absolute Gasteiger partial charge is 0.303 e. The number of esters is 1. The lowest BCUT2D eigenvalue weighted by molar-refractivity contribution is -0.306. The lowest BCUT2D eigenvalue weighted by Crippen LogP contribution is -2.61. The van der Waals surface area contributed by atoms with Crippen LogP contribution >= 0.6 is 0 Å². The molecule has 1 fully saturated rings. The minimum Gasteiger partial charge on any atom is -0.454 e. The van der Waals surface area contributed by atoms with E-state index in [2.05, 4.69) is 6.58 Å². The van der Waals surface area contributed by atoms with Crippen LogP contribution in [0.15, 0.2) is 73.3 Å². The third kappa shape index (κ3) is 6.98. The van der Waals surface area contributed by atoms with Crippen molar-refractivity contribution >= 4 is 5.97 Å². The van der Waals surface area contributed by atoms with Crippen molar-refractivity contribution in [3.8, 4) is 0 Å². The van der Waals surface area contributed by atoms with Gasteiger partial charge in [-0.2, -0.15) is 0 Å². The first-order chi connectivity index (χ1) is 15.6. The molecule has 2 aromatic rings. The molecule has 1 aliphatic rings. The van der Waals surface area contributed by atoms with Crippen LogP contribution in [0.3, 0.4) is 0 Å². The van der Waals surface area contributed by atoms with Gasteiger partial charge in [-0.05, 0) is 11.1 Å². The number of carbonyl (C=O) groups excluding carboxylic acids is 1. The highest BCUT2D eigenvalue weighted by atomic mass is 16.7. The number of benzene rings is 2. The molecule has 1 aliphatic heterocycles. The summed E-state index contributed by atoms with van der Waals surface area (Å²) in [5.41, 5.74) is 1.98. The molecule has 0 aliphatic carbocycles. The van der Waals surface area contributed by atoms with E-state index < -0.39 is 36.7 Å². The fraction of sp³-hybridized carbons (Fsp3) is 0.400. The van der Waals surface area contributed by atoms with E-state index in [0.717, 1.165) is 11.1 Å². The van der Waals surface area contributed by atoms with Crippen molar-refractivity contribution in [3.05, 3.63) is 84.4 Å². The molecule has 172 valence electrons. The molecule has 1 heterocycles. The first-order valence-electron chi connectivity index (χ1n) is 10.6. The molecule has 7 nitrogen and oxygen atoms in total. The molecule has 1 N–H and O–H groups in total. The molecule has 0 unspecified atom stereocenters. The normalized spacial score (nSPS) is 25.2. The molecule has 0 saturated carbocycles.